The number of rotatable bonds is 2. The van der Waals surface area contributed by atoms with Crippen LogP contribution in [-0.2, 0) is 7.05 Å². The van der Waals surface area contributed by atoms with E-state index >= 15 is 0 Å². The summed E-state index contributed by atoms with van der Waals surface area (Å²) < 4.78 is 3.57. The lowest BCUT2D eigenvalue weighted by Crippen LogP contribution is -2.44. The molecule has 7 nitrogen and oxygen atoms in total. The minimum atomic E-state index is -0.426. The topological polar surface area (TPSA) is 66.3 Å². The summed E-state index contributed by atoms with van der Waals surface area (Å²) in [4.78, 5) is 30.6. The average Bonchev–Trinajstić information content (AvgIpc) is 2.98. The summed E-state index contributed by atoms with van der Waals surface area (Å²) >= 11 is 0. The smallest absolute Gasteiger partial charge is 0.332 e. The molecule has 1 N–H and O–H groups in total. The molecule has 2 aromatic heterocycles. The molecule has 1 aromatic carbocycles. The van der Waals surface area contributed by atoms with Crippen LogP contribution in [0, 0.1) is 0 Å². The first kappa shape index (κ1) is 15.7. The number of likely N-dealkylation sites (N-methyl/N-ethyl adjacent to an activating group) is 1. The van der Waals surface area contributed by atoms with Crippen LogP contribution in [0.4, 0.5) is 5.69 Å². The molecule has 1 aliphatic rings. The second-order valence-corrected chi connectivity index (χ2v) is 6.56. The molecular weight excluding hydrogens is 318 g/mol. The van der Waals surface area contributed by atoms with Crippen molar-refractivity contribution in [1.29, 1.82) is 0 Å². The third-order valence-electron chi connectivity index (χ3n) is 4.92. The molecule has 0 spiro atoms. The Labute approximate surface area is 144 Å². The van der Waals surface area contributed by atoms with E-state index in [4.69, 9.17) is 0 Å². The highest BCUT2D eigenvalue weighted by molar-refractivity contribution is 5.98. The first-order valence-electron chi connectivity index (χ1n) is 8.38. The van der Waals surface area contributed by atoms with Gasteiger partial charge >= 0.3 is 5.69 Å². The Kier molecular flexibility index (Phi) is 3.73. The highest BCUT2D eigenvalue weighted by Crippen LogP contribution is 2.32. The van der Waals surface area contributed by atoms with Gasteiger partial charge < -0.3 is 14.4 Å². The Hall–Kier alpha value is -2.80. The minimum absolute atomic E-state index is 0.389. The highest BCUT2D eigenvalue weighted by Gasteiger charge is 2.19. The maximum absolute atomic E-state index is 12.2. The quantitative estimate of drug-likeness (QED) is 0.749. The third kappa shape index (κ3) is 2.66. The summed E-state index contributed by atoms with van der Waals surface area (Å²) in [6.07, 6.45) is 3.53. The number of nitrogens with one attached hydrogen (secondary N) is 1. The van der Waals surface area contributed by atoms with E-state index in [0.717, 1.165) is 42.8 Å². The molecule has 25 heavy (non-hydrogen) atoms. The summed E-state index contributed by atoms with van der Waals surface area (Å²) in [6.45, 7) is 4.03. The summed E-state index contributed by atoms with van der Waals surface area (Å²) in [5, 5.41) is 0.994. The van der Waals surface area contributed by atoms with Crippen molar-refractivity contribution >= 4 is 16.6 Å². The largest absolute Gasteiger partial charge is 0.367 e. The third-order valence-corrected chi connectivity index (χ3v) is 4.92. The second kappa shape index (κ2) is 5.93. The summed E-state index contributed by atoms with van der Waals surface area (Å²) in [6, 6.07) is 7.41. The van der Waals surface area contributed by atoms with E-state index in [2.05, 4.69) is 32.5 Å². The molecule has 4 rings (SSSR count). The number of benzene rings is 1. The van der Waals surface area contributed by atoms with Gasteiger partial charge in [0.05, 0.1) is 16.9 Å². The molecule has 7 heteroatoms. The molecule has 0 saturated carbocycles. The van der Waals surface area contributed by atoms with Crippen LogP contribution in [-0.4, -0.2) is 52.2 Å². The second-order valence-electron chi connectivity index (χ2n) is 6.56. The fraction of sp³-hybridized carbons (Fsp3) is 0.333. The highest BCUT2D eigenvalue weighted by atomic mass is 16.2. The number of hydrogen-bond acceptors (Lipinski definition) is 4. The van der Waals surface area contributed by atoms with E-state index in [1.54, 1.807) is 0 Å². The van der Waals surface area contributed by atoms with Crippen LogP contribution in [0.25, 0.3) is 16.6 Å². The van der Waals surface area contributed by atoms with E-state index in [-0.39, 0.29) is 5.56 Å². The molecule has 130 valence electrons. The van der Waals surface area contributed by atoms with Gasteiger partial charge in [-0.15, -0.1) is 0 Å². The number of nitrogens with zero attached hydrogens (tertiary/aromatic N) is 4. The van der Waals surface area contributed by atoms with E-state index in [1.807, 2.05) is 25.4 Å². The molecule has 1 fully saturated rings. The van der Waals surface area contributed by atoms with E-state index in [1.165, 1.54) is 22.5 Å². The van der Waals surface area contributed by atoms with Gasteiger partial charge in [0.25, 0.3) is 5.56 Å². The van der Waals surface area contributed by atoms with Crippen LogP contribution < -0.4 is 16.1 Å². The van der Waals surface area contributed by atoms with Crippen LogP contribution in [0.3, 0.4) is 0 Å². The predicted octanol–water partition coefficient (Wildman–Crippen LogP) is 0.769. The van der Waals surface area contributed by atoms with Gasteiger partial charge in [-0.2, -0.15) is 0 Å². The zero-order chi connectivity index (χ0) is 17.6. The predicted molar refractivity (Wildman–Crippen MR) is 98.8 cm³/mol. The summed E-state index contributed by atoms with van der Waals surface area (Å²) in [5.74, 6) is 0. The molecule has 0 unspecified atom stereocenters. The Balaban J connectivity index is 1.88. The number of aryl methyl sites for hydroxylation is 1. The zero-order valence-corrected chi connectivity index (χ0v) is 14.4. The van der Waals surface area contributed by atoms with Crippen molar-refractivity contribution in [2.24, 2.45) is 7.05 Å². The van der Waals surface area contributed by atoms with Crippen LogP contribution >= 0.6 is 0 Å². The number of H-pyrrole nitrogens is 1. The Morgan fingerprint density at radius 1 is 0.880 bits per heavy atom. The first-order chi connectivity index (χ1) is 12.0. The number of hydrogen-bond donors (Lipinski definition) is 1. The van der Waals surface area contributed by atoms with Gasteiger partial charge in [0.2, 0.25) is 0 Å². The van der Waals surface area contributed by atoms with Gasteiger partial charge in [-0.05, 0) is 25.2 Å². The number of aromatic amines is 1. The lowest BCUT2D eigenvalue weighted by atomic mass is 10.1. The lowest BCUT2D eigenvalue weighted by Gasteiger charge is -2.34. The molecular formula is C18H21N5O2. The molecule has 1 aliphatic heterocycles. The van der Waals surface area contributed by atoms with Crippen LogP contribution in [0.5, 0.6) is 0 Å². The van der Waals surface area contributed by atoms with Gasteiger partial charge in [-0.25, -0.2) is 4.79 Å². The molecule has 3 heterocycles. The Bertz CT molecular complexity index is 1040. The van der Waals surface area contributed by atoms with Gasteiger partial charge in [0, 0.05) is 57.1 Å². The molecule has 0 bridgehead atoms. The average molecular weight is 339 g/mol. The van der Waals surface area contributed by atoms with Crippen molar-refractivity contribution in [3.8, 4) is 5.69 Å². The SMILES string of the molecule is CN1CCN(c2ccc(-n3ccc(=O)[nH]c3=O)c3ccn(C)c23)CC1. The molecule has 0 atom stereocenters. The first-order valence-corrected chi connectivity index (χ1v) is 8.38. The maximum atomic E-state index is 12.2. The molecule has 0 aliphatic carbocycles. The molecule has 0 radical (unpaired) electrons. The van der Waals surface area contributed by atoms with Gasteiger partial charge in [-0.3, -0.25) is 14.3 Å². The number of anilines is 1. The Morgan fingerprint density at radius 2 is 1.60 bits per heavy atom. The summed E-state index contributed by atoms with van der Waals surface area (Å²) in [7, 11) is 4.16. The van der Waals surface area contributed by atoms with Crippen molar-refractivity contribution in [2.45, 2.75) is 0 Å². The van der Waals surface area contributed by atoms with Crippen molar-refractivity contribution in [3.05, 3.63) is 57.5 Å². The van der Waals surface area contributed by atoms with Crippen molar-refractivity contribution in [2.75, 3.05) is 38.1 Å². The molecule has 0 amide bonds. The number of fused-ring (bicyclic) bond motifs is 1. The van der Waals surface area contributed by atoms with E-state index < -0.39 is 5.69 Å². The molecule has 3 aromatic rings. The van der Waals surface area contributed by atoms with Gasteiger partial charge in [0.1, 0.15) is 0 Å². The zero-order valence-electron chi connectivity index (χ0n) is 14.4. The number of piperazine rings is 1. The monoisotopic (exact) mass is 339 g/mol. The van der Waals surface area contributed by atoms with Crippen LogP contribution in [0.2, 0.25) is 0 Å². The van der Waals surface area contributed by atoms with Crippen LogP contribution in [0.15, 0.2) is 46.2 Å². The van der Waals surface area contributed by atoms with E-state index in [0.29, 0.717) is 0 Å². The summed E-state index contributed by atoms with van der Waals surface area (Å²) in [5.41, 5.74) is 2.23. The minimum Gasteiger partial charge on any atom is -0.367 e. The Morgan fingerprint density at radius 3 is 2.32 bits per heavy atom. The number of aromatic nitrogens is 3. The maximum Gasteiger partial charge on any atom is 0.332 e. The van der Waals surface area contributed by atoms with Crippen molar-refractivity contribution < 1.29 is 0 Å². The molecule has 1 saturated heterocycles. The fourth-order valence-corrected chi connectivity index (χ4v) is 3.50. The van der Waals surface area contributed by atoms with Crippen molar-refractivity contribution in [1.82, 2.24) is 19.0 Å². The standard InChI is InChI=1S/C18H21N5O2/c1-20-9-11-22(12-10-20)15-4-3-14(13-5-7-21(2)17(13)15)23-8-6-16(24)19-18(23)25/h3-8H,9-12H2,1-2H3,(H,19,24,25). The van der Waals surface area contributed by atoms with Gasteiger partial charge in [-0.1, -0.05) is 0 Å². The lowest BCUT2D eigenvalue weighted by molar-refractivity contribution is 0.313. The normalized spacial score (nSPS) is 15.8. The van der Waals surface area contributed by atoms with Crippen molar-refractivity contribution in [3.63, 3.8) is 0 Å². The van der Waals surface area contributed by atoms with Crippen LogP contribution in [0.1, 0.15) is 0 Å². The van der Waals surface area contributed by atoms with E-state index in [9.17, 15) is 9.59 Å². The van der Waals surface area contributed by atoms with Gasteiger partial charge in [0.15, 0.2) is 0 Å². The fourth-order valence-electron chi connectivity index (χ4n) is 3.50.